The highest BCUT2D eigenvalue weighted by molar-refractivity contribution is 5.55. The van der Waals surface area contributed by atoms with Gasteiger partial charge >= 0.3 is 0 Å². The van der Waals surface area contributed by atoms with Crippen molar-refractivity contribution in [3.8, 4) is 0 Å². The molecule has 1 atom stereocenters. The maximum atomic E-state index is 6.03. The van der Waals surface area contributed by atoms with Crippen molar-refractivity contribution in [3.63, 3.8) is 0 Å². The number of hydrogen-bond acceptors (Lipinski definition) is 4. The smallest absolute Gasteiger partial charge is 0.0440 e. The number of para-hydroxylation sites is 1. The van der Waals surface area contributed by atoms with E-state index in [1.54, 1.807) is 0 Å². The zero-order valence-corrected chi connectivity index (χ0v) is 9.52. The lowest BCUT2D eigenvalue weighted by atomic mass is 10.0. The number of benzene rings is 1. The lowest BCUT2D eigenvalue weighted by Gasteiger charge is -2.32. The lowest BCUT2D eigenvalue weighted by Crippen LogP contribution is -2.44. The van der Waals surface area contributed by atoms with Gasteiger partial charge in [0.15, 0.2) is 0 Å². The van der Waals surface area contributed by atoms with Crippen LogP contribution in [-0.4, -0.2) is 32.7 Å². The van der Waals surface area contributed by atoms with Gasteiger partial charge in [0.25, 0.3) is 0 Å². The molecule has 0 amide bonds. The summed E-state index contributed by atoms with van der Waals surface area (Å²) in [6, 6.07) is 8.23. The molecule has 5 N–H and O–H groups in total. The molecule has 1 unspecified atom stereocenters. The number of nitrogens with two attached hydrogens (primary N) is 2. The quantitative estimate of drug-likeness (QED) is 0.673. The summed E-state index contributed by atoms with van der Waals surface area (Å²) in [5.41, 5.74) is 14.1. The summed E-state index contributed by atoms with van der Waals surface area (Å²) in [7, 11) is 0. The number of nitrogens with one attached hydrogen (secondary N) is 1. The zero-order chi connectivity index (χ0) is 11.4. The Kier molecular flexibility index (Phi) is 3.77. The van der Waals surface area contributed by atoms with Crippen LogP contribution in [-0.2, 0) is 0 Å². The number of nitrogens with zero attached hydrogens (tertiary/aromatic N) is 1. The van der Waals surface area contributed by atoms with Gasteiger partial charge in [0, 0.05) is 44.5 Å². The fourth-order valence-electron chi connectivity index (χ4n) is 2.12. The average molecular weight is 220 g/mol. The van der Waals surface area contributed by atoms with Crippen molar-refractivity contribution < 1.29 is 0 Å². The summed E-state index contributed by atoms with van der Waals surface area (Å²) < 4.78 is 0. The average Bonchev–Trinajstić information content (AvgIpc) is 2.39. The molecule has 1 aromatic carbocycles. The fourth-order valence-corrected chi connectivity index (χ4v) is 2.12. The van der Waals surface area contributed by atoms with E-state index >= 15 is 0 Å². The summed E-state index contributed by atoms with van der Waals surface area (Å²) in [4.78, 5) is 2.38. The molecular formula is C12H20N4. The van der Waals surface area contributed by atoms with Crippen molar-refractivity contribution >= 4 is 5.69 Å². The second-order valence-electron chi connectivity index (χ2n) is 4.14. The Balaban J connectivity index is 2.24. The van der Waals surface area contributed by atoms with Gasteiger partial charge in [-0.2, -0.15) is 0 Å². The van der Waals surface area contributed by atoms with Crippen LogP contribution in [0.1, 0.15) is 11.6 Å². The standard InChI is InChI=1S/C12H20N4/c13-9-11(14)10-3-1-2-4-12(10)16-7-5-15-6-8-16/h1-4,11,15H,5-9,13-14H2. The van der Waals surface area contributed by atoms with Gasteiger partial charge < -0.3 is 21.7 Å². The van der Waals surface area contributed by atoms with Crippen LogP contribution >= 0.6 is 0 Å². The minimum Gasteiger partial charge on any atom is -0.369 e. The Bertz CT molecular complexity index is 334. The second-order valence-corrected chi connectivity index (χ2v) is 4.14. The normalized spacial score (nSPS) is 18.5. The number of piperazine rings is 1. The Hall–Kier alpha value is -1.10. The molecule has 1 aliphatic heterocycles. The van der Waals surface area contributed by atoms with Crippen LogP contribution in [0.5, 0.6) is 0 Å². The maximum Gasteiger partial charge on any atom is 0.0440 e. The monoisotopic (exact) mass is 220 g/mol. The fraction of sp³-hybridized carbons (Fsp3) is 0.500. The molecule has 0 bridgehead atoms. The first kappa shape index (κ1) is 11.4. The van der Waals surface area contributed by atoms with Gasteiger partial charge in [-0.25, -0.2) is 0 Å². The first-order valence-electron chi connectivity index (χ1n) is 5.83. The maximum absolute atomic E-state index is 6.03. The molecule has 1 fully saturated rings. The van der Waals surface area contributed by atoms with Crippen molar-refractivity contribution in [3.05, 3.63) is 29.8 Å². The van der Waals surface area contributed by atoms with Crippen molar-refractivity contribution in [2.75, 3.05) is 37.6 Å². The van der Waals surface area contributed by atoms with E-state index in [4.69, 9.17) is 11.5 Å². The molecular weight excluding hydrogens is 200 g/mol. The molecule has 0 saturated carbocycles. The van der Waals surface area contributed by atoms with Gasteiger partial charge in [0.2, 0.25) is 0 Å². The van der Waals surface area contributed by atoms with E-state index in [9.17, 15) is 0 Å². The van der Waals surface area contributed by atoms with Crippen LogP contribution in [0.15, 0.2) is 24.3 Å². The SMILES string of the molecule is NCC(N)c1ccccc1N1CCNCC1. The molecule has 0 radical (unpaired) electrons. The largest absolute Gasteiger partial charge is 0.369 e. The van der Waals surface area contributed by atoms with Gasteiger partial charge in [-0.3, -0.25) is 0 Å². The van der Waals surface area contributed by atoms with Gasteiger partial charge in [-0.15, -0.1) is 0 Å². The highest BCUT2D eigenvalue weighted by Gasteiger charge is 2.16. The summed E-state index contributed by atoms with van der Waals surface area (Å²) in [5.74, 6) is 0. The van der Waals surface area contributed by atoms with Crippen LogP contribution < -0.4 is 21.7 Å². The van der Waals surface area contributed by atoms with E-state index in [0.29, 0.717) is 6.54 Å². The molecule has 4 nitrogen and oxygen atoms in total. The topological polar surface area (TPSA) is 67.3 Å². The van der Waals surface area contributed by atoms with Crippen molar-refractivity contribution in [2.45, 2.75) is 6.04 Å². The number of anilines is 1. The van der Waals surface area contributed by atoms with Crippen molar-refractivity contribution in [2.24, 2.45) is 11.5 Å². The highest BCUT2D eigenvalue weighted by Crippen LogP contribution is 2.24. The van der Waals surface area contributed by atoms with Gasteiger partial charge in [0.05, 0.1) is 0 Å². The molecule has 88 valence electrons. The predicted molar refractivity (Wildman–Crippen MR) is 67.5 cm³/mol. The molecule has 1 aliphatic rings. The zero-order valence-electron chi connectivity index (χ0n) is 9.52. The van der Waals surface area contributed by atoms with Crippen LogP contribution in [0.2, 0.25) is 0 Å². The van der Waals surface area contributed by atoms with Gasteiger partial charge in [-0.1, -0.05) is 18.2 Å². The Morgan fingerprint density at radius 2 is 1.94 bits per heavy atom. The molecule has 1 aromatic rings. The first-order chi connectivity index (χ1) is 7.83. The van der Waals surface area contributed by atoms with E-state index < -0.39 is 0 Å². The Morgan fingerprint density at radius 1 is 1.25 bits per heavy atom. The summed E-state index contributed by atoms with van der Waals surface area (Å²) in [6.07, 6.45) is 0. The molecule has 0 spiro atoms. The Labute approximate surface area is 96.6 Å². The van der Waals surface area contributed by atoms with Crippen molar-refractivity contribution in [1.29, 1.82) is 0 Å². The van der Waals surface area contributed by atoms with Crippen LogP contribution in [0.3, 0.4) is 0 Å². The highest BCUT2D eigenvalue weighted by atomic mass is 15.2. The first-order valence-corrected chi connectivity index (χ1v) is 5.83. The van der Waals surface area contributed by atoms with Crippen LogP contribution in [0.4, 0.5) is 5.69 Å². The predicted octanol–water partition coefficient (Wildman–Crippen LogP) is 0.0547. The van der Waals surface area contributed by atoms with E-state index in [2.05, 4.69) is 28.4 Å². The number of hydrogen-bond donors (Lipinski definition) is 3. The molecule has 4 heteroatoms. The minimum absolute atomic E-state index is 0.0638. The Morgan fingerprint density at radius 3 is 2.62 bits per heavy atom. The molecule has 1 saturated heterocycles. The lowest BCUT2D eigenvalue weighted by molar-refractivity contribution is 0.585. The second kappa shape index (κ2) is 5.30. The van der Waals surface area contributed by atoms with E-state index in [1.807, 2.05) is 6.07 Å². The minimum atomic E-state index is -0.0638. The molecule has 16 heavy (non-hydrogen) atoms. The summed E-state index contributed by atoms with van der Waals surface area (Å²) >= 11 is 0. The van der Waals surface area contributed by atoms with Gasteiger partial charge in [0.1, 0.15) is 0 Å². The molecule has 0 aromatic heterocycles. The third-order valence-corrected chi connectivity index (χ3v) is 3.05. The van der Waals surface area contributed by atoms with E-state index in [1.165, 1.54) is 5.69 Å². The van der Waals surface area contributed by atoms with Crippen molar-refractivity contribution in [1.82, 2.24) is 5.32 Å². The van der Waals surface area contributed by atoms with Gasteiger partial charge in [-0.05, 0) is 11.6 Å². The third-order valence-electron chi connectivity index (χ3n) is 3.05. The van der Waals surface area contributed by atoms with E-state index in [-0.39, 0.29) is 6.04 Å². The molecule has 2 rings (SSSR count). The molecule has 1 heterocycles. The van der Waals surface area contributed by atoms with E-state index in [0.717, 1.165) is 31.7 Å². The third kappa shape index (κ3) is 2.35. The molecule has 0 aliphatic carbocycles. The summed E-state index contributed by atoms with van der Waals surface area (Å²) in [5, 5.41) is 3.35. The number of rotatable bonds is 3. The summed E-state index contributed by atoms with van der Waals surface area (Å²) in [6.45, 7) is 4.63. The van der Waals surface area contributed by atoms with Crippen LogP contribution in [0, 0.1) is 0 Å². The van der Waals surface area contributed by atoms with Crippen LogP contribution in [0.25, 0.3) is 0 Å².